The maximum absolute atomic E-state index is 12.9. The summed E-state index contributed by atoms with van der Waals surface area (Å²) in [5, 5.41) is 0. The average molecular weight is 1060 g/mol. The van der Waals surface area contributed by atoms with E-state index in [0.29, 0.717) is 19.3 Å². The third-order valence-corrected chi connectivity index (χ3v) is 14.1. The quantitative estimate of drug-likeness (QED) is 0.0261. The molecule has 0 aromatic carbocycles. The Morgan fingerprint density at radius 1 is 0.276 bits per heavy atom. The lowest BCUT2D eigenvalue weighted by molar-refractivity contribution is -0.167. The summed E-state index contributed by atoms with van der Waals surface area (Å²) in [5.41, 5.74) is 0. The molecule has 438 valence electrons. The predicted octanol–water partition coefficient (Wildman–Crippen LogP) is 22.3. The van der Waals surface area contributed by atoms with Crippen LogP contribution in [0.2, 0.25) is 0 Å². The molecule has 0 saturated heterocycles. The molecule has 0 bridgehead atoms. The fourth-order valence-corrected chi connectivity index (χ4v) is 9.27. The highest BCUT2D eigenvalue weighted by molar-refractivity contribution is 5.71. The molecule has 0 N–H and O–H groups in total. The third kappa shape index (κ3) is 61.4. The topological polar surface area (TPSA) is 78.9 Å². The van der Waals surface area contributed by atoms with Crippen molar-refractivity contribution in [3.8, 4) is 0 Å². The molecule has 0 heterocycles. The smallest absolute Gasteiger partial charge is 0.306 e. The first kappa shape index (κ1) is 72.6. The first-order valence-electron chi connectivity index (χ1n) is 32.6. The van der Waals surface area contributed by atoms with E-state index in [4.69, 9.17) is 14.2 Å². The zero-order valence-electron chi connectivity index (χ0n) is 50.3. The third-order valence-electron chi connectivity index (χ3n) is 14.1. The Bertz CT molecular complexity index is 1450. The van der Waals surface area contributed by atoms with E-state index in [2.05, 4.69) is 106 Å². The minimum atomic E-state index is -0.793. The van der Waals surface area contributed by atoms with Gasteiger partial charge in [-0.05, 0) is 89.9 Å². The Morgan fingerprint density at radius 3 is 0.868 bits per heavy atom. The maximum Gasteiger partial charge on any atom is 0.306 e. The first-order valence-corrected chi connectivity index (χ1v) is 32.6. The molecule has 1 atom stereocenters. The van der Waals surface area contributed by atoms with Crippen molar-refractivity contribution in [1.82, 2.24) is 0 Å². The molecule has 0 spiro atoms. The molecule has 6 heteroatoms. The molecule has 0 rings (SSSR count). The van der Waals surface area contributed by atoms with Crippen molar-refractivity contribution in [3.63, 3.8) is 0 Å². The number of rotatable bonds is 59. The Labute approximate surface area is 471 Å². The molecule has 0 aliphatic heterocycles. The summed E-state index contributed by atoms with van der Waals surface area (Å²) in [6.45, 7) is 6.47. The van der Waals surface area contributed by atoms with Crippen LogP contribution < -0.4 is 0 Å². The molecule has 76 heavy (non-hydrogen) atoms. The van der Waals surface area contributed by atoms with Crippen LogP contribution in [0.3, 0.4) is 0 Å². The lowest BCUT2D eigenvalue weighted by atomic mass is 10.0. The van der Waals surface area contributed by atoms with Gasteiger partial charge in [-0.2, -0.15) is 0 Å². The number of hydrogen-bond donors (Lipinski definition) is 0. The van der Waals surface area contributed by atoms with Gasteiger partial charge >= 0.3 is 17.9 Å². The van der Waals surface area contributed by atoms with Gasteiger partial charge in [-0.15, -0.1) is 0 Å². The van der Waals surface area contributed by atoms with Gasteiger partial charge in [0.15, 0.2) is 6.10 Å². The molecule has 0 amide bonds. The van der Waals surface area contributed by atoms with Crippen molar-refractivity contribution in [2.45, 2.75) is 329 Å². The summed E-state index contributed by atoms with van der Waals surface area (Å²) in [6, 6.07) is 0. The highest BCUT2D eigenvalue weighted by Gasteiger charge is 2.19. The molecule has 0 aliphatic rings. The number of hydrogen-bond acceptors (Lipinski definition) is 6. The number of carbonyl (C=O) groups is 3. The minimum absolute atomic E-state index is 0.0873. The number of allylic oxidation sites excluding steroid dienone is 14. The molecule has 0 radical (unpaired) electrons. The van der Waals surface area contributed by atoms with E-state index in [-0.39, 0.29) is 31.1 Å². The maximum atomic E-state index is 12.9. The van der Waals surface area contributed by atoms with Gasteiger partial charge in [0.2, 0.25) is 0 Å². The summed E-state index contributed by atoms with van der Waals surface area (Å²) in [5.74, 6) is -0.912. The number of ether oxygens (including phenoxy) is 3. The van der Waals surface area contributed by atoms with Crippen LogP contribution in [-0.2, 0) is 28.6 Å². The summed E-state index contributed by atoms with van der Waals surface area (Å²) in [4.78, 5) is 38.2. The van der Waals surface area contributed by atoms with Crippen molar-refractivity contribution < 1.29 is 28.6 Å². The Morgan fingerprint density at radius 2 is 0.539 bits per heavy atom. The van der Waals surface area contributed by atoms with E-state index in [9.17, 15) is 14.4 Å². The van der Waals surface area contributed by atoms with E-state index in [1.54, 1.807) is 0 Å². The van der Waals surface area contributed by atoms with Crippen LogP contribution in [0.5, 0.6) is 0 Å². The van der Waals surface area contributed by atoms with E-state index in [0.717, 1.165) is 128 Å². The Balaban J connectivity index is 4.26. The van der Waals surface area contributed by atoms with Crippen molar-refractivity contribution in [2.75, 3.05) is 13.2 Å². The normalized spacial score (nSPS) is 12.6. The molecule has 6 nitrogen and oxygen atoms in total. The summed E-state index contributed by atoms with van der Waals surface area (Å²) in [6.07, 6.45) is 84.7. The lowest BCUT2D eigenvalue weighted by Crippen LogP contribution is -2.30. The zero-order chi connectivity index (χ0) is 55.0. The molecule has 0 aliphatic carbocycles. The van der Waals surface area contributed by atoms with Gasteiger partial charge in [-0.1, -0.05) is 298 Å². The minimum Gasteiger partial charge on any atom is -0.462 e. The molecule has 1 unspecified atom stereocenters. The van der Waals surface area contributed by atoms with Crippen LogP contribution in [0, 0.1) is 0 Å². The summed E-state index contributed by atoms with van der Waals surface area (Å²) < 4.78 is 16.9. The molecule has 0 saturated carbocycles. The van der Waals surface area contributed by atoms with Crippen LogP contribution in [0.4, 0.5) is 0 Å². The number of carbonyl (C=O) groups excluding carboxylic acids is 3. The summed E-state index contributed by atoms with van der Waals surface area (Å²) in [7, 11) is 0. The molecule has 0 fully saturated rings. The van der Waals surface area contributed by atoms with Crippen LogP contribution >= 0.6 is 0 Å². The Hall–Kier alpha value is -3.41. The number of esters is 3. The SMILES string of the molecule is CC/C=C\C/C=C\C/C=C\C/C=C\C/C=C\C/C=C\CCCCCCC(=O)OC(COC(=O)CCCCCCC/C=C\CCC)COC(=O)CCCCCCCCCCCCCCCCCCCCCCCCCCC. The number of unbranched alkanes of at least 4 members (excludes halogenated alkanes) is 34. The van der Waals surface area contributed by atoms with Gasteiger partial charge in [0.1, 0.15) is 13.2 Å². The van der Waals surface area contributed by atoms with Crippen molar-refractivity contribution in [3.05, 3.63) is 85.1 Å². The summed E-state index contributed by atoms with van der Waals surface area (Å²) >= 11 is 0. The van der Waals surface area contributed by atoms with Crippen molar-refractivity contribution in [1.29, 1.82) is 0 Å². The van der Waals surface area contributed by atoms with Crippen molar-refractivity contribution >= 4 is 17.9 Å². The fourth-order valence-electron chi connectivity index (χ4n) is 9.27. The van der Waals surface area contributed by atoms with Gasteiger partial charge in [0, 0.05) is 19.3 Å². The average Bonchev–Trinajstić information content (AvgIpc) is 3.42. The highest BCUT2D eigenvalue weighted by atomic mass is 16.6. The second-order valence-electron chi connectivity index (χ2n) is 21.6. The monoisotopic (exact) mass is 1060 g/mol. The van der Waals surface area contributed by atoms with E-state index < -0.39 is 6.10 Å². The molecular weight excluding hydrogens is 937 g/mol. The second-order valence-corrected chi connectivity index (χ2v) is 21.6. The second kappa shape index (κ2) is 64.1. The molecular formula is C70H122O6. The van der Waals surface area contributed by atoms with Gasteiger partial charge in [0.05, 0.1) is 0 Å². The van der Waals surface area contributed by atoms with Crippen LogP contribution in [0.15, 0.2) is 85.1 Å². The van der Waals surface area contributed by atoms with Crippen LogP contribution in [0.25, 0.3) is 0 Å². The van der Waals surface area contributed by atoms with Crippen LogP contribution in [0.1, 0.15) is 323 Å². The predicted molar refractivity (Wildman–Crippen MR) is 330 cm³/mol. The van der Waals surface area contributed by atoms with E-state index >= 15 is 0 Å². The fraction of sp³-hybridized carbons (Fsp3) is 0.757. The van der Waals surface area contributed by atoms with Gasteiger partial charge in [-0.25, -0.2) is 0 Å². The molecule has 0 aromatic rings. The first-order chi connectivity index (χ1) is 37.5. The largest absolute Gasteiger partial charge is 0.462 e. The van der Waals surface area contributed by atoms with Gasteiger partial charge in [-0.3, -0.25) is 14.4 Å². The van der Waals surface area contributed by atoms with Gasteiger partial charge in [0.25, 0.3) is 0 Å². The zero-order valence-corrected chi connectivity index (χ0v) is 50.3. The van der Waals surface area contributed by atoms with E-state index in [1.807, 2.05) is 0 Å². The lowest BCUT2D eigenvalue weighted by Gasteiger charge is -2.18. The van der Waals surface area contributed by atoms with Crippen molar-refractivity contribution in [2.24, 2.45) is 0 Å². The van der Waals surface area contributed by atoms with Gasteiger partial charge < -0.3 is 14.2 Å². The highest BCUT2D eigenvalue weighted by Crippen LogP contribution is 2.17. The molecule has 0 aromatic heterocycles. The standard InChI is InChI=1S/C70H122O6/c1-4-7-10-13-16-19-22-24-26-28-30-32-34-35-37-38-40-42-44-46-48-51-54-57-60-63-69(72)75-66-67(65-74-68(71)62-59-56-53-50-21-18-15-12-9-6-3)76-70(73)64-61-58-55-52-49-47-45-43-41-39-36-33-31-29-27-25-23-20-17-14-11-8-5-2/h8,11-12,15,17,20,25,27,31,33,39,41,45,47,67H,4-7,9-10,13-14,16,18-19,21-24,26,28-30,32,34-38,40,42-44,46,48-66H2,1-3H3/b11-8-,15-12-,20-17-,27-25-,33-31-,41-39-,47-45-. The van der Waals surface area contributed by atoms with E-state index in [1.165, 1.54) is 154 Å². The van der Waals surface area contributed by atoms with Crippen LogP contribution in [-0.4, -0.2) is 37.2 Å². The Kier molecular flexibility index (Phi) is 61.2.